The first-order valence-electron chi connectivity index (χ1n) is 14.6. The third-order valence-corrected chi connectivity index (χ3v) is 9.32. The molecule has 4 aromatic rings. The summed E-state index contributed by atoms with van der Waals surface area (Å²) in [5, 5.41) is 2.08. The van der Waals surface area contributed by atoms with Crippen molar-refractivity contribution >= 4 is 33.9 Å². The van der Waals surface area contributed by atoms with Gasteiger partial charge in [-0.25, -0.2) is 9.37 Å². The molecule has 2 atom stereocenters. The highest BCUT2D eigenvalue weighted by Crippen LogP contribution is 2.37. The zero-order valence-electron chi connectivity index (χ0n) is 23.6. The number of hydrogen-bond acceptors (Lipinski definition) is 7. The highest BCUT2D eigenvalue weighted by molar-refractivity contribution is 6.30. The summed E-state index contributed by atoms with van der Waals surface area (Å²) in [6.45, 7) is 6.53. The Kier molecular flexibility index (Phi) is 6.95. The predicted octanol–water partition coefficient (Wildman–Crippen LogP) is 5.45. The monoisotopic (exact) mass is 575 g/mol. The number of benzene rings is 2. The topological polar surface area (TPSA) is 62.6 Å². The first kappa shape index (κ1) is 26.5. The minimum absolute atomic E-state index is 0.189. The van der Waals surface area contributed by atoms with E-state index < -0.39 is 0 Å². The zero-order chi connectivity index (χ0) is 28.1. The number of fused-ring (bicyclic) bond motifs is 3. The molecule has 10 heteroatoms. The van der Waals surface area contributed by atoms with Crippen LogP contribution in [0.15, 0.2) is 42.7 Å². The van der Waals surface area contributed by atoms with E-state index in [9.17, 15) is 0 Å². The number of piperidine rings is 1. The molecule has 7 rings (SSSR count). The molecule has 0 unspecified atom stereocenters. The third-order valence-electron chi connectivity index (χ3n) is 9.00. The van der Waals surface area contributed by atoms with E-state index in [2.05, 4.69) is 38.2 Å². The number of nitrogens with zero attached hydrogens (tertiary/aromatic N) is 7. The number of aromatic nitrogens is 4. The Hall–Kier alpha value is -3.43. The highest BCUT2D eigenvalue weighted by atomic mass is 35.5. The first-order valence-corrected chi connectivity index (χ1v) is 14.9. The maximum atomic E-state index is 15.0. The van der Waals surface area contributed by atoms with Crippen LogP contribution < -0.4 is 14.5 Å². The van der Waals surface area contributed by atoms with Crippen LogP contribution in [0.3, 0.4) is 0 Å². The zero-order valence-corrected chi connectivity index (χ0v) is 24.3. The van der Waals surface area contributed by atoms with E-state index in [1.165, 1.54) is 18.9 Å². The molecule has 2 aromatic heterocycles. The van der Waals surface area contributed by atoms with Crippen molar-refractivity contribution in [3.8, 4) is 6.01 Å². The van der Waals surface area contributed by atoms with Gasteiger partial charge in [0.25, 0.3) is 0 Å². The number of likely N-dealkylation sites (tertiary alicyclic amines) is 1. The number of rotatable bonds is 5. The summed E-state index contributed by atoms with van der Waals surface area (Å²) >= 11 is 6.47. The normalized spacial score (nSPS) is 21.2. The predicted molar refractivity (Wildman–Crippen MR) is 159 cm³/mol. The average molecular weight is 576 g/mol. The maximum absolute atomic E-state index is 15.0. The summed E-state index contributed by atoms with van der Waals surface area (Å²) in [5.74, 6) is 0.699. The number of ether oxygens (including phenoxy) is 1. The first-order chi connectivity index (χ1) is 20.0. The van der Waals surface area contributed by atoms with Crippen molar-refractivity contribution < 1.29 is 9.13 Å². The van der Waals surface area contributed by atoms with E-state index in [1.807, 2.05) is 30.6 Å². The lowest BCUT2D eigenvalue weighted by molar-refractivity contribution is 0.119. The molecule has 0 saturated carbocycles. The van der Waals surface area contributed by atoms with Gasteiger partial charge in [0.15, 0.2) is 5.15 Å². The number of hydrogen-bond donors (Lipinski definition) is 0. The second-order valence-corrected chi connectivity index (χ2v) is 12.0. The third kappa shape index (κ3) is 4.89. The van der Waals surface area contributed by atoms with Crippen LogP contribution in [0, 0.1) is 5.82 Å². The smallest absolute Gasteiger partial charge is 0.318 e. The molecule has 2 aromatic carbocycles. The van der Waals surface area contributed by atoms with Gasteiger partial charge in [-0.05, 0) is 57.3 Å². The van der Waals surface area contributed by atoms with Gasteiger partial charge in [0.1, 0.15) is 18.2 Å². The molecular weight excluding hydrogens is 541 g/mol. The molecule has 214 valence electrons. The van der Waals surface area contributed by atoms with Crippen LogP contribution in [0.1, 0.15) is 43.1 Å². The Morgan fingerprint density at radius 3 is 2.78 bits per heavy atom. The molecule has 5 heterocycles. The lowest BCUT2D eigenvalue weighted by atomic mass is 10.0. The van der Waals surface area contributed by atoms with Crippen LogP contribution in [0.2, 0.25) is 5.15 Å². The average Bonchev–Trinajstić information content (AvgIpc) is 3.34. The largest absolute Gasteiger partial charge is 0.462 e. The molecule has 8 nitrogen and oxygen atoms in total. The highest BCUT2D eigenvalue weighted by Gasteiger charge is 2.32. The number of likely N-dealkylation sites (N-methyl/N-ethyl adjacent to an activating group) is 1. The van der Waals surface area contributed by atoms with Crippen LogP contribution >= 0.6 is 11.6 Å². The molecule has 41 heavy (non-hydrogen) atoms. The quantitative estimate of drug-likeness (QED) is 0.313. The van der Waals surface area contributed by atoms with Crippen molar-refractivity contribution in [2.75, 3.05) is 36.5 Å². The number of anilines is 2. The molecule has 0 N–H and O–H groups in total. The Morgan fingerprint density at radius 2 is 1.93 bits per heavy atom. The van der Waals surface area contributed by atoms with Crippen LogP contribution in [0.4, 0.5) is 15.9 Å². The number of halogens is 2. The summed E-state index contributed by atoms with van der Waals surface area (Å²) in [6.07, 6.45) is 6.11. The molecule has 3 aliphatic heterocycles. The fraction of sp³-hybridized carbons (Fsp3) is 0.452. The molecule has 0 amide bonds. The van der Waals surface area contributed by atoms with Gasteiger partial charge in [0.2, 0.25) is 0 Å². The van der Waals surface area contributed by atoms with Crippen molar-refractivity contribution in [1.82, 2.24) is 24.4 Å². The molecule has 1 saturated heterocycles. The van der Waals surface area contributed by atoms with Gasteiger partial charge in [-0.15, -0.1) is 0 Å². The van der Waals surface area contributed by atoms with Gasteiger partial charge >= 0.3 is 6.01 Å². The Balaban J connectivity index is 1.26. The van der Waals surface area contributed by atoms with Crippen molar-refractivity contribution in [3.63, 3.8) is 0 Å². The van der Waals surface area contributed by atoms with E-state index in [0.717, 1.165) is 66.3 Å². The molecule has 1 fully saturated rings. The second-order valence-electron chi connectivity index (χ2n) is 11.6. The lowest BCUT2D eigenvalue weighted by Crippen LogP contribution is -2.43. The standard InChI is InChI=1S/C31H35ClFN7O/c1-20-15-39-19-34-29(32)27(39)17-40(20)30-23-12-14-38(26-11-6-8-21-7-5-10-24(33)28(21)26)16-25(23)35-31(36-30)41-18-22-9-3-4-13-37(22)2/h5-8,10-11,19-20,22H,3-4,9,12-18H2,1-2H3/t20-,22+/m1/s1. The molecule has 3 aliphatic rings. The van der Waals surface area contributed by atoms with E-state index in [-0.39, 0.29) is 11.9 Å². The van der Waals surface area contributed by atoms with Gasteiger partial charge in [-0.2, -0.15) is 9.97 Å². The second kappa shape index (κ2) is 10.8. The SMILES string of the molecule is C[C@@H]1Cn2cnc(Cl)c2CN1c1nc(OC[C@@H]2CCCCN2C)nc2c1CCN(c1cccc3cccc(F)c13)C2. The van der Waals surface area contributed by atoms with Gasteiger partial charge in [-0.3, -0.25) is 0 Å². The van der Waals surface area contributed by atoms with E-state index >= 15 is 4.39 Å². The van der Waals surface area contributed by atoms with E-state index in [4.69, 9.17) is 26.3 Å². The number of imidazole rings is 1. The van der Waals surface area contributed by atoms with Crippen molar-refractivity contribution in [2.45, 2.75) is 64.3 Å². The van der Waals surface area contributed by atoms with Gasteiger partial charge in [0, 0.05) is 41.8 Å². The van der Waals surface area contributed by atoms with Gasteiger partial charge in [-0.1, -0.05) is 42.3 Å². The molecule has 0 bridgehead atoms. The molecule has 0 spiro atoms. The maximum Gasteiger partial charge on any atom is 0.318 e. The van der Waals surface area contributed by atoms with Crippen molar-refractivity contribution in [3.05, 3.63) is 70.6 Å². The minimum atomic E-state index is -0.205. The van der Waals surface area contributed by atoms with Crippen LogP contribution in [-0.2, 0) is 26.1 Å². The van der Waals surface area contributed by atoms with Gasteiger partial charge in [0.05, 0.1) is 30.8 Å². The summed E-state index contributed by atoms with van der Waals surface area (Å²) in [6, 6.07) is 12.2. The molecular formula is C31H35ClFN7O. The summed E-state index contributed by atoms with van der Waals surface area (Å²) in [4.78, 5) is 21.3. The lowest BCUT2D eigenvalue weighted by Gasteiger charge is -2.39. The van der Waals surface area contributed by atoms with Gasteiger partial charge < -0.3 is 24.0 Å². The Bertz CT molecular complexity index is 1590. The van der Waals surface area contributed by atoms with Crippen molar-refractivity contribution in [1.29, 1.82) is 0 Å². The fourth-order valence-corrected chi connectivity index (χ4v) is 6.85. The van der Waals surface area contributed by atoms with E-state index in [0.29, 0.717) is 42.3 Å². The Morgan fingerprint density at radius 1 is 1.07 bits per heavy atom. The summed E-state index contributed by atoms with van der Waals surface area (Å²) < 4.78 is 23.5. The summed E-state index contributed by atoms with van der Waals surface area (Å²) in [7, 11) is 2.16. The summed E-state index contributed by atoms with van der Waals surface area (Å²) in [5.41, 5.74) is 3.94. The van der Waals surface area contributed by atoms with Crippen LogP contribution in [0.25, 0.3) is 10.8 Å². The van der Waals surface area contributed by atoms with Crippen LogP contribution in [-0.4, -0.2) is 63.2 Å². The van der Waals surface area contributed by atoms with Crippen LogP contribution in [0.5, 0.6) is 6.01 Å². The Labute approximate surface area is 244 Å². The fourth-order valence-electron chi connectivity index (χ4n) is 6.64. The molecule has 0 aliphatic carbocycles. The molecule has 0 radical (unpaired) electrons. The minimum Gasteiger partial charge on any atom is -0.462 e. The van der Waals surface area contributed by atoms with E-state index in [1.54, 1.807) is 6.07 Å². The van der Waals surface area contributed by atoms with Crippen molar-refractivity contribution in [2.24, 2.45) is 0 Å².